The number of anilines is 1. The van der Waals surface area contributed by atoms with E-state index in [4.69, 9.17) is 27.2 Å². The molecule has 106 valence electrons. The number of hydrogen-bond donors (Lipinski definition) is 2. The summed E-state index contributed by atoms with van der Waals surface area (Å²) in [5.74, 6) is -0.451. The van der Waals surface area contributed by atoms with E-state index in [0.717, 1.165) is 0 Å². The van der Waals surface area contributed by atoms with Crippen LogP contribution in [0.15, 0.2) is 24.3 Å². The summed E-state index contributed by atoms with van der Waals surface area (Å²) in [5, 5.41) is 16.8. The van der Waals surface area contributed by atoms with Crippen LogP contribution >= 0.6 is 11.6 Å². The number of aliphatic hydroxyl groups excluding tert-OH is 1. The van der Waals surface area contributed by atoms with Crippen molar-refractivity contribution in [2.45, 2.75) is 6.61 Å². The summed E-state index contributed by atoms with van der Waals surface area (Å²) in [7, 11) is 0. The summed E-state index contributed by atoms with van der Waals surface area (Å²) >= 11 is 5.83. The highest BCUT2D eigenvalue weighted by molar-refractivity contribution is 6.30. The second-order valence-electron chi connectivity index (χ2n) is 4.03. The van der Waals surface area contributed by atoms with Gasteiger partial charge < -0.3 is 15.6 Å². The fourth-order valence-electron chi connectivity index (χ4n) is 1.60. The molecule has 0 unspecified atom stereocenters. The standard InChI is InChI=1S/C13H13ClFN3O2/c14-8-1-2-10(15)9(5-8)12-6-11(16)13(18-17-12)7-20-4-3-19/h1-2,5-6,19H,3-4,7H2,(H2,16,17). The van der Waals surface area contributed by atoms with E-state index < -0.39 is 5.82 Å². The highest BCUT2D eigenvalue weighted by Gasteiger charge is 2.11. The van der Waals surface area contributed by atoms with E-state index >= 15 is 0 Å². The fraction of sp³-hybridized carbons (Fsp3) is 0.231. The molecule has 1 aromatic heterocycles. The van der Waals surface area contributed by atoms with Gasteiger partial charge in [-0.1, -0.05) is 11.6 Å². The maximum absolute atomic E-state index is 13.7. The molecule has 0 bridgehead atoms. The van der Waals surface area contributed by atoms with E-state index in [1.54, 1.807) is 0 Å². The Hall–Kier alpha value is -1.76. The van der Waals surface area contributed by atoms with E-state index in [1.807, 2.05) is 0 Å². The average molecular weight is 298 g/mol. The zero-order valence-electron chi connectivity index (χ0n) is 10.5. The minimum absolute atomic E-state index is 0.0842. The number of rotatable bonds is 5. The molecular formula is C13H13ClFN3O2. The van der Waals surface area contributed by atoms with Crippen LogP contribution in [-0.4, -0.2) is 28.5 Å². The normalized spacial score (nSPS) is 10.8. The SMILES string of the molecule is Nc1cc(-c2cc(Cl)ccc2F)nnc1COCCO. The monoisotopic (exact) mass is 297 g/mol. The lowest BCUT2D eigenvalue weighted by atomic mass is 10.1. The second kappa shape index (κ2) is 6.60. The molecule has 0 fully saturated rings. The third-order valence-electron chi connectivity index (χ3n) is 2.58. The van der Waals surface area contributed by atoms with Gasteiger partial charge in [-0.25, -0.2) is 4.39 Å². The molecule has 2 aromatic rings. The number of nitrogen functional groups attached to an aromatic ring is 1. The molecule has 0 aliphatic carbocycles. The summed E-state index contributed by atoms with van der Waals surface area (Å²) in [6, 6.07) is 5.68. The molecule has 0 atom stereocenters. The van der Waals surface area contributed by atoms with Crippen molar-refractivity contribution in [2.24, 2.45) is 0 Å². The fourth-order valence-corrected chi connectivity index (χ4v) is 1.77. The van der Waals surface area contributed by atoms with Crippen molar-refractivity contribution in [3.63, 3.8) is 0 Å². The van der Waals surface area contributed by atoms with E-state index in [1.165, 1.54) is 24.3 Å². The lowest BCUT2D eigenvalue weighted by Gasteiger charge is -2.07. The van der Waals surface area contributed by atoms with Crippen LogP contribution < -0.4 is 5.73 Å². The second-order valence-corrected chi connectivity index (χ2v) is 4.47. The number of aliphatic hydroxyl groups is 1. The number of ether oxygens (including phenoxy) is 1. The first kappa shape index (κ1) is 14.6. The topological polar surface area (TPSA) is 81.3 Å². The summed E-state index contributed by atoms with van der Waals surface area (Å²) in [6.07, 6.45) is 0. The van der Waals surface area contributed by atoms with Gasteiger partial charge in [0, 0.05) is 10.6 Å². The van der Waals surface area contributed by atoms with Gasteiger partial charge in [0.05, 0.1) is 31.2 Å². The van der Waals surface area contributed by atoms with Crippen molar-refractivity contribution in [3.05, 3.63) is 40.8 Å². The number of nitrogens with zero attached hydrogens (tertiary/aromatic N) is 2. The first-order valence-corrected chi connectivity index (χ1v) is 6.25. The van der Waals surface area contributed by atoms with Crippen molar-refractivity contribution in [1.29, 1.82) is 0 Å². The average Bonchev–Trinajstić information content (AvgIpc) is 2.43. The van der Waals surface area contributed by atoms with Gasteiger partial charge in [0.15, 0.2) is 0 Å². The number of nitrogens with two attached hydrogens (primary N) is 1. The van der Waals surface area contributed by atoms with Gasteiger partial charge in [-0.15, -0.1) is 5.10 Å². The van der Waals surface area contributed by atoms with Crippen molar-refractivity contribution >= 4 is 17.3 Å². The zero-order chi connectivity index (χ0) is 14.5. The third-order valence-corrected chi connectivity index (χ3v) is 2.82. The molecule has 0 aliphatic rings. The predicted molar refractivity (Wildman–Crippen MR) is 73.6 cm³/mol. The van der Waals surface area contributed by atoms with Crippen LogP contribution in [0.5, 0.6) is 0 Å². The Morgan fingerprint density at radius 2 is 2.10 bits per heavy atom. The van der Waals surface area contributed by atoms with Crippen molar-refractivity contribution in [3.8, 4) is 11.3 Å². The Kier molecular flexibility index (Phi) is 4.84. The lowest BCUT2D eigenvalue weighted by Crippen LogP contribution is -2.06. The molecule has 0 saturated heterocycles. The van der Waals surface area contributed by atoms with Crippen molar-refractivity contribution < 1.29 is 14.2 Å². The molecule has 0 amide bonds. The smallest absolute Gasteiger partial charge is 0.132 e. The lowest BCUT2D eigenvalue weighted by molar-refractivity contribution is 0.0796. The van der Waals surface area contributed by atoms with Crippen LogP contribution in [0, 0.1) is 5.82 Å². The maximum atomic E-state index is 13.7. The predicted octanol–water partition coefficient (Wildman–Crippen LogP) is 2.03. The summed E-state index contributed by atoms with van der Waals surface area (Å²) in [5.41, 5.74) is 7.14. The van der Waals surface area contributed by atoms with Gasteiger partial charge in [0.25, 0.3) is 0 Å². The molecule has 7 heteroatoms. The summed E-state index contributed by atoms with van der Waals surface area (Å²) in [4.78, 5) is 0. The Morgan fingerprint density at radius 1 is 1.30 bits per heavy atom. The van der Waals surface area contributed by atoms with Crippen molar-refractivity contribution in [2.75, 3.05) is 18.9 Å². The van der Waals surface area contributed by atoms with Crippen LogP contribution in [-0.2, 0) is 11.3 Å². The highest BCUT2D eigenvalue weighted by Crippen LogP contribution is 2.26. The first-order valence-electron chi connectivity index (χ1n) is 5.88. The Bertz CT molecular complexity index is 610. The van der Waals surface area contributed by atoms with Gasteiger partial charge in [0.1, 0.15) is 11.5 Å². The number of benzene rings is 1. The third kappa shape index (κ3) is 3.41. The van der Waals surface area contributed by atoms with Gasteiger partial charge >= 0.3 is 0 Å². The molecule has 5 nitrogen and oxygen atoms in total. The van der Waals surface area contributed by atoms with Crippen LogP contribution in [0.3, 0.4) is 0 Å². The molecule has 2 rings (SSSR count). The zero-order valence-corrected chi connectivity index (χ0v) is 11.3. The minimum atomic E-state index is -0.451. The largest absolute Gasteiger partial charge is 0.397 e. The van der Waals surface area contributed by atoms with Gasteiger partial charge in [-0.3, -0.25) is 0 Å². The molecule has 0 spiro atoms. The molecule has 0 saturated carbocycles. The molecule has 1 aromatic carbocycles. The first-order chi connectivity index (χ1) is 9.61. The molecular weight excluding hydrogens is 285 g/mol. The van der Waals surface area contributed by atoms with E-state index in [9.17, 15) is 4.39 Å². The van der Waals surface area contributed by atoms with Crippen LogP contribution in [0.4, 0.5) is 10.1 Å². The van der Waals surface area contributed by atoms with E-state index in [0.29, 0.717) is 22.1 Å². The van der Waals surface area contributed by atoms with Gasteiger partial charge in [-0.05, 0) is 24.3 Å². The quantitative estimate of drug-likeness (QED) is 0.825. The van der Waals surface area contributed by atoms with E-state index in [-0.39, 0.29) is 25.4 Å². The van der Waals surface area contributed by atoms with Crippen LogP contribution in [0.25, 0.3) is 11.3 Å². The Labute approximate surface area is 120 Å². The highest BCUT2D eigenvalue weighted by atomic mass is 35.5. The Balaban J connectivity index is 2.26. The van der Waals surface area contributed by atoms with Crippen LogP contribution in [0.2, 0.25) is 5.02 Å². The summed E-state index contributed by atoms with van der Waals surface area (Å²) in [6.45, 7) is 0.239. The summed E-state index contributed by atoms with van der Waals surface area (Å²) < 4.78 is 18.8. The number of aromatic nitrogens is 2. The van der Waals surface area contributed by atoms with E-state index in [2.05, 4.69) is 10.2 Å². The minimum Gasteiger partial charge on any atom is -0.397 e. The molecule has 0 aliphatic heterocycles. The number of halogens is 2. The van der Waals surface area contributed by atoms with Crippen LogP contribution in [0.1, 0.15) is 5.69 Å². The van der Waals surface area contributed by atoms with Gasteiger partial charge in [-0.2, -0.15) is 5.10 Å². The van der Waals surface area contributed by atoms with Gasteiger partial charge in [0.2, 0.25) is 0 Å². The molecule has 0 radical (unpaired) electrons. The van der Waals surface area contributed by atoms with Crippen molar-refractivity contribution in [1.82, 2.24) is 10.2 Å². The molecule has 1 heterocycles. The Morgan fingerprint density at radius 3 is 2.80 bits per heavy atom. The number of hydrogen-bond acceptors (Lipinski definition) is 5. The molecule has 20 heavy (non-hydrogen) atoms. The maximum Gasteiger partial charge on any atom is 0.132 e. The molecule has 3 N–H and O–H groups in total.